The van der Waals surface area contributed by atoms with Gasteiger partial charge in [-0.3, -0.25) is 9.78 Å². The van der Waals surface area contributed by atoms with E-state index in [1.54, 1.807) is 24.5 Å². The number of Topliss-reactive ketones (excluding diaryl/α,β-unsaturated/α-hetero) is 1. The van der Waals surface area contributed by atoms with Gasteiger partial charge in [0.05, 0.1) is 0 Å². The first-order chi connectivity index (χ1) is 10.3. The van der Waals surface area contributed by atoms with Gasteiger partial charge in [0.15, 0.2) is 5.78 Å². The van der Waals surface area contributed by atoms with Gasteiger partial charge in [0.25, 0.3) is 0 Å². The smallest absolute Gasteiger partial charge is 0.167 e. The van der Waals surface area contributed by atoms with Crippen LogP contribution in [0.25, 0.3) is 0 Å². The second-order valence-corrected chi connectivity index (χ2v) is 6.58. The van der Waals surface area contributed by atoms with Crippen molar-refractivity contribution in [2.75, 3.05) is 0 Å². The fraction of sp³-hybridized carbons (Fsp3) is 0.368. The minimum Gasteiger partial charge on any atom is -0.508 e. The van der Waals surface area contributed by atoms with E-state index in [-0.39, 0.29) is 23.4 Å². The Hall–Kier alpha value is -2.16. The van der Waals surface area contributed by atoms with Crippen LogP contribution in [0.4, 0.5) is 0 Å². The minimum atomic E-state index is -0.0171. The molecule has 3 nitrogen and oxygen atoms in total. The summed E-state index contributed by atoms with van der Waals surface area (Å²) in [5.41, 5.74) is 3.41. The number of aromatic hydroxyl groups is 1. The van der Waals surface area contributed by atoms with Gasteiger partial charge < -0.3 is 5.11 Å². The van der Waals surface area contributed by atoms with Gasteiger partial charge in [-0.1, -0.05) is 39.8 Å². The topological polar surface area (TPSA) is 50.2 Å². The fourth-order valence-corrected chi connectivity index (χ4v) is 2.44. The third kappa shape index (κ3) is 3.53. The van der Waals surface area contributed by atoms with E-state index in [1.165, 1.54) is 0 Å². The molecular weight excluding hydrogens is 274 g/mol. The molecule has 1 aromatic carbocycles. The fourth-order valence-electron chi connectivity index (χ4n) is 2.44. The molecule has 3 heteroatoms. The standard InChI is InChI=1S/C19H23NO2/c1-5-13-12-20-9-8-16(13)18(22)11-14-10-15(19(2,3)4)6-7-17(14)21/h6-10,12,21H,5,11H2,1-4H3. The molecular formula is C19H23NO2. The first-order valence-corrected chi connectivity index (χ1v) is 7.61. The van der Waals surface area contributed by atoms with Crippen LogP contribution in [0.15, 0.2) is 36.7 Å². The highest BCUT2D eigenvalue weighted by Crippen LogP contribution is 2.28. The number of nitrogens with zero attached hydrogens (tertiary/aromatic N) is 1. The van der Waals surface area contributed by atoms with Gasteiger partial charge in [-0.25, -0.2) is 0 Å². The Morgan fingerprint density at radius 1 is 1.18 bits per heavy atom. The highest BCUT2D eigenvalue weighted by molar-refractivity contribution is 5.99. The summed E-state index contributed by atoms with van der Waals surface area (Å²) in [4.78, 5) is 16.6. The molecule has 0 fully saturated rings. The summed E-state index contributed by atoms with van der Waals surface area (Å²) in [5, 5.41) is 10.1. The summed E-state index contributed by atoms with van der Waals surface area (Å²) in [5.74, 6) is 0.189. The molecule has 0 amide bonds. The largest absolute Gasteiger partial charge is 0.508 e. The predicted octanol–water partition coefficient (Wildman–Crippen LogP) is 4.07. The molecule has 0 aliphatic heterocycles. The Labute approximate surface area is 132 Å². The van der Waals surface area contributed by atoms with Crippen LogP contribution in [0, 0.1) is 0 Å². The lowest BCUT2D eigenvalue weighted by Gasteiger charge is -2.20. The number of aryl methyl sites for hydroxylation is 1. The van der Waals surface area contributed by atoms with Crippen molar-refractivity contribution in [2.45, 2.75) is 46.0 Å². The van der Waals surface area contributed by atoms with Gasteiger partial charge >= 0.3 is 0 Å². The van der Waals surface area contributed by atoms with Crippen LogP contribution >= 0.6 is 0 Å². The number of hydrogen-bond acceptors (Lipinski definition) is 3. The van der Waals surface area contributed by atoms with E-state index in [1.807, 2.05) is 19.1 Å². The van der Waals surface area contributed by atoms with E-state index in [2.05, 4.69) is 25.8 Å². The molecule has 22 heavy (non-hydrogen) atoms. The number of ketones is 1. The third-order valence-electron chi connectivity index (χ3n) is 3.88. The predicted molar refractivity (Wildman–Crippen MR) is 88.5 cm³/mol. The Bertz CT molecular complexity index is 684. The number of phenolic OH excluding ortho intramolecular Hbond substituents is 1. The SMILES string of the molecule is CCc1cnccc1C(=O)Cc1cc(C(C)(C)C)ccc1O. The minimum absolute atomic E-state index is 0.0145. The summed E-state index contributed by atoms with van der Waals surface area (Å²) in [6, 6.07) is 7.27. The van der Waals surface area contributed by atoms with Crippen LogP contribution in [0.5, 0.6) is 5.75 Å². The molecule has 0 bridgehead atoms. The zero-order valence-electron chi connectivity index (χ0n) is 13.7. The number of benzene rings is 1. The van der Waals surface area contributed by atoms with Gasteiger partial charge in [0.1, 0.15) is 5.75 Å². The first kappa shape index (κ1) is 16.2. The number of phenols is 1. The summed E-state index contributed by atoms with van der Waals surface area (Å²) >= 11 is 0. The lowest BCUT2D eigenvalue weighted by Crippen LogP contribution is -2.13. The van der Waals surface area contributed by atoms with Crippen molar-refractivity contribution in [1.82, 2.24) is 4.98 Å². The summed E-state index contributed by atoms with van der Waals surface area (Å²) in [7, 11) is 0. The molecule has 116 valence electrons. The van der Waals surface area contributed by atoms with Crippen LogP contribution in [-0.2, 0) is 18.3 Å². The third-order valence-corrected chi connectivity index (χ3v) is 3.88. The zero-order valence-corrected chi connectivity index (χ0v) is 13.7. The molecule has 2 aromatic rings. The van der Waals surface area contributed by atoms with Gasteiger partial charge in [-0.15, -0.1) is 0 Å². The lowest BCUT2D eigenvalue weighted by atomic mass is 9.85. The van der Waals surface area contributed by atoms with Crippen LogP contribution in [0.1, 0.15) is 54.7 Å². The number of aromatic nitrogens is 1. The van der Waals surface area contributed by atoms with Gasteiger partial charge in [0, 0.05) is 29.9 Å². The molecule has 0 unspecified atom stereocenters. The van der Waals surface area contributed by atoms with E-state index >= 15 is 0 Å². The molecule has 2 rings (SSSR count). The van der Waals surface area contributed by atoms with Crippen LogP contribution in [-0.4, -0.2) is 15.9 Å². The van der Waals surface area contributed by atoms with Gasteiger partial charge in [-0.05, 0) is 35.1 Å². The molecule has 0 saturated carbocycles. The Morgan fingerprint density at radius 3 is 2.55 bits per heavy atom. The maximum absolute atomic E-state index is 12.6. The first-order valence-electron chi connectivity index (χ1n) is 7.61. The number of rotatable bonds is 4. The van der Waals surface area contributed by atoms with Crippen molar-refractivity contribution in [3.8, 4) is 5.75 Å². The Balaban J connectivity index is 2.32. The molecule has 0 aliphatic rings. The second-order valence-electron chi connectivity index (χ2n) is 6.58. The zero-order chi connectivity index (χ0) is 16.3. The van der Waals surface area contributed by atoms with Crippen molar-refractivity contribution < 1.29 is 9.90 Å². The average Bonchev–Trinajstić information content (AvgIpc) is 2.48. The maximum Gasteiger partial charge on any atom is 0.167 e. The molecule has 0 spiro atoms. The number of carbonyl (C=O) groups is 1. The molecule has 0 atom stereocenters. The highest BCUT2D eigenvalue weighted by Gasteiger charge is 2.18. The average molecular weight is 297 g/mol. The number of carbonyl (C=O) groups excluding carboxylic acids is 1. The Kier molecular flexibility index (Phi) is 4.65. The monoisotopic (exact) mass is 297 g/mol. The Morgan fingerprint density at radius 2 is 1.91 bits per heavy atom. The highest BCUT2D eigenvalue weighted by atomic mass is 16.3. The maximum atomic E-state index is 12.6. The normalized spacial score (nSPS) is 11.5. The van der Waals surface area contributed by atoms with Crippen LogP contribution in [0.3, 0.4) is 0 Å². The van der Waals surface area contributed by atoms with E-state index in [4.69, 9.17) is 0 Å². The second kappa shape index (κ2) is 6.30. The molecule has 1 heterocycles. The molecule has 1 N–H and O–H groups in total. The molecule has 0 radical (unpaired) electrons. The molecule has 0 saturated heterocycles. The van der Waals surface area contributed by atoms with E-state index in [0.29, 0.717) is 11.1 Å². The molecule has 0 aliphatic carbocycles. The van der Waals surface area contributed by atoms with Crippen molar-refractivity contribution >= 4 is 5.78 Å². The lowest BCUT2D eigenvalue weighted by molar-refractivity contribution is 0.0991. The van der Waals surface area contributed by atoms with Crippen molar-refractivity contribution in [3.63, 3.8) is 0 Å². The van der Waals surface area contributed by atoms with Crippen LogP contribution < -0.4 is 0 Å². The van der Waals surface area contributed by atoms with Gasteiger partial charge in [0.2, 0.25) is 0 Å². The molecule has 1 aromatic heterocycles. The van der Waals surface area contributed by atoms with E-state index in [0.717, 1.165) is 17.5 Å². The number of pyridine rings is 1. The van der Waals surface area contributed by atoms with Crippen molar-refractivity contribution in [3.05, 3.63) is 58.9 Å². The van der Waals surface area contributed by atoms with Crippen LogP contribution in [0.2, 0.25) is 0 Å². The van der Waals surface area contributed by atoms with Crippen molar-refractivity contribution in [1.29, 1.82) is 0 Å². The summed E-state index contributed by atoms with van der Waals surface area (Å²) in [6.07, 6.45) is 4.34. The van der Waals surface area contributed by atoms with E-state index < -0.39 is 0 Å². The van der Waals surface area contributed by atoms with Crippen molar-refractivity contribution in [2.24, 2.45) is 0 Å². The van der Waals surface area contributed by atoms with E-state index in [9.17, 15) is 9.90 Å². The number of hydrogen-bond donors (Lipinski definition) is 1. The summed E-state index contributed by atoms with van der Waals surface area (Å²) < 4.78 is 0. The quantitative estimate of drug-likeness (QED) is 0.865. The van der Waals surface area contributed by atoms with Gasteiger partial charge in [-0.2, -0.15) is 0 Å². The summed E-state index contributed by atoms with van der Waals surface area (Å²) in [6.45, 7) is 8.35.